The summed E-state index contributed by atoms with van der Waals surface area (Å²) >= 11 is 0. The highest BCUT2D eigenvalue weighted by molar-refractivity contribution is 5.43. The van der Waals surface area contributed by atoms with Gasteiger partial charge in [0, 0.05) is 19.1 Å². The molecule has 6 heteroatoms. The zero-order chi connectivity index (χ0) is 25.6. The summed E-state index contributed by atoms with van der Waals surface area (Å²) in [6, 6.07) is 18.4. The van der Waals surface area contributed by atoms with Crippen LogP contribution in [0, 0.1) is 13.8 Å². The Morgan fingerprint density at radius 2 is 1.69 bits per heavy atom. The van der Waals surface area contributed by atoms with E-state index in [-0.39, 0.29) is 11.6 Å². The Kier molecular flexibility index (Phi) is 9.11. The van der Waals surface area contributed by atoms with Crippen LogP contribution < -0.4 is 4.74 Å². The molecule has 3 aromatic rings. The molecule has 1 heterocycles. The Labute approximate surface area is 210 Å². The van der Waals surface area contributed by atoms with E-state index < -0.39 is 6.10 Å². The normalized spacial score (nSPS) is 13.7. The van der Waals surface area contributed by atoms with Crippen LogP contribution in [0.3, 0.4) is 0 Å². The maximum absolute atomic E-state index is 10.8. The molecule has 0 radical (unpaired) electrons. The molecular formula is C29H41N3O3. The first-order chi connectivity index (χ1) is 16.6. The highest BCUT2D eigenvalue weighted by Crippen LogP contribution is 2.32. The third-order valence-corrected chi connectivity index (χ3v) is 6.10. The number of benzene rings is 2. The first kappa shape index (κ1) is 26.9. The lowest BCUT2D eigenvalue weighted by Gasteiger charge is -2.31. The van der Waals surface area contributed by atoms with Gasteiger partial charge in [-0.1, -0.05) is 42.8 Å². The summed E-state index contributed by atoms with van der Waals surface area (Å²) in [7, 11) is 0. The van der Waals surface area contributed by atoms with Gasteiger partial charge in [0.25, 0.3) is 0 Å². The fraction of sp³-hybridized carbons (Fsp3) is 0.483. The average molecular weight is 480 g/mol. The maximum atomic E-state index is 10.8. The molecule has 3 rings (SSSR count). The monoisotopic (exact) mass is 479 g/mol. The van der Waals surface area contributed by atoms with Crippen molar-refractivity contribution in [3.8, 4) is 17.3 Å². The van der Waals surface area contributed by atoms with Crippen molar-refractivity contribution in [3.63, 3.8) is 0 Å². The molecule has 0 bridgehead atoms. The summed E-state index contributed by atoms with van der Waals surface area (Å²) in [5, 5.41) is 15.6. The van der Waals surface area contributed by atoms with Crippen molar-refractivity contribution in [2.45, 2.75) is 79.2 Å². The van der Waals surface area contributed by atoms with Crippen LogP contribution >= 0.6 is 0 Å². The Hall–Kier alpha value is -2.67. The van der Waals surface area contributed by atoms with E-state index in [1.807, 2.05) is 87.0 Å². The van der Waals surface area contributed by atoms with E-state index in [2.05, 4.69) is 25.7 Å². The van der Waals surface area contributed by atoms with E-state index in [0.29, 0.717) is 25.6 Å². The molecule has 0 spiro atoms. The van der Waals surface area contributed by atoms with Gasteiger partial charge in [-0.2, -0.15) is 5.10 Å². The minimum absolute atomic E-state index is 0.269. The van der Waals surface area contributed by atoms with Gasteiger partial charge in [-0.05, 0) is 72.2 Å². The van der Waals surface area contributed by atoms with E-state index in [1.54, 1.807) is 0 Å². The highest BCUT2D eigenvalue weighted by atomic mass is 16.5. The van der Waals surface area contributed by atoms with Gasteiger partial charge in [-0.25, -0.2) is 4.68 Å². The first-order valence-electron chi connectivity index (χ1n) is 12.5. The zero-order valence-corrected chi connectivity index (χ0v) is 22.3. The Bertz CT molecular complexity index is 1060. The van der Waals surface area contributed by atoms with Crippen molar-refractivity contribution in [2.75, 3.05) is 13.2 Å². The quantitative estimate of drug-likeness (QED) is 0.362. The van der Waals surface area contributed by atoms with Crippen LogP contribution in [-0.4, -0.2) is 50.7 Å². The van der Waals surface area contributed by atoms with Crippen LogP contribution in [-0.2, 0) is 11.3 Å². The molecule has 190 valence electrons. The number of aromatic nitrogens is 2. The molecule has 0 aliphatic heterocycles. The minimum Gasteiger partial charge on any atom is -0.439 e. The zero-order valence-electron chi connectivity index (χ0n) is 22.3. The predicted octanol–water partition coefficient (Wildman–Crippen LogP) is 6.06. The first-order valence-corrected chi connectivity index (χ1v) is 12.5. The number of nitrogens with zero attached hydrogens (tertiary/aromatic N) is 3. The van der Waals surface area contributed by atoms with E-state index in [4.69, 9.17) is 14.6 Å². The molecule has 0 saturated heterocycles. The van der Waals surface area contributed by atoms with Crippen LogP contribution in [0.2, 0.25) is 0 Å². The number of hydrogen-bond donors (Lipinski definition) is 1. The van der Waals surface area contributed by atoms with Crippen LogP contribution in [0.15, 0.2) is 54.6 Å². The molecule has 0 aliphatic rings. The summed E-state index contributed by atoms with van der Waals surface area (Å²) in [5.74, 6) is 1.47. The molecule has 6 nitrogen and oxygen atoms in total. The standard InChI is InChI=1S/C29H41N3O3/c1-8-22(3)31(18-25(33)20-34-29(5,6)7)19-27-23(4)30-32(24-12-10-9-11-13-24)28(27)35-26-16-14-21(2)15-17-26/h9-17,22,25,33H,8,18-20H2,1-7H3. The second-order valence-corrected chi connectivity index (χ2v) is 10.3. The Morgan fingerprint density at radius 1 is 1.03 bits per heavy atom. The van der Waals surface area contributed by atoms with E-state index in [1.165, 1.54) is 5.56 Å². The number of para-hydroxylation sites is 1. The number of aliphatic hydroxyl groups excluding tert-OH is 1. The predicted molar refractivity (Wildman–Crippen MR) is 141 cm³/mol. The number of ether oxygens (including phenoxy) is 2. The summed E-state index contributed by atoms with van der Waals surface area (Å²) in [4.78, 5) is 2.29. The largest absolute Gasteiger partial charge is 0.439 e. The van der Waals surface area contributed by atoms with Crippen molar-refractivity contribution in [1.29, 1.82) is 0 Å². The smallest absolute Gasteiger partial charge is 0.227 e. The van der Waals surface area contributed by atoms with Crippen molar-refractivity contribution >= 4 is 0 Å². The molecule has 0 saturated carbocycles. The third kappa shape index (κ3) is 7.66. The molecule has 0 fully saturated rings. The molecule has 2 atom stereocenters. The number of aliphatic hydroxyl groups is 1. The SMILES string of the molecule is CCC(C)N(Cc1c(C)nn(-c2ccccc2)c1Oc1ccc(C)cc1)CC(O)COC(C)(C)C. The van der Waals surface area contributed by atoms with Gasteiger partial charge in [0.2, 0.25) is 5.88 Å². The van der Waals surface area contributed by atoms with Crippen LogP contribution in [0.25, 0.3) is 5.69 Å². The molecule has 0 amide bonds. The third-order valence-electron chi connectivity index (χ3n) is 6.10. The summed E-state index contributed by atoms with van der Waals surface area (Å²) in [5.41, 5.74) is 3.76. The van der Waals surface area contributed by atoms with E-state index in [0.717, 1.165) is 29.1 Å². The van der Waals surface area contributed by atoms with Crippen molar-refractivity contribution in [3.05, 3.63) is 71.4 Å². The van der Waals surface area contributed by atoms with Gasteiger partial charge in [0.1, 0.15) is 5.75 Å². The lowest BCUT2D eigenvalue weighted by Crippen LogP contribution is -2.41. The second kappa shape index (κ2) is 11.8. The number of rotatable bonds is 11. The van der Waals surface area contributed by atoms with Crippen molar-refractivity contribution < 1.29 is 14.6 Å². The van der Waals surface area contributed by atoms with Gasteiger partial charge in [-0.15, -0.1) is 0 Å². The molecular weight excluding hydrogens is 438 g/mol. The molecule has 1 N–H and O–H groups in total. The highest BCUT2D eigenvalue weighted by Gasteiger charge is 2.25. The lowest BCUT2D eigenvalue weighted by molar-refractivity contribution is -0.0593. The number of aryl methyl sites for hydroxylation is 2. The molecule has 2 unspecified atom stereocenters. The topological polar surface area (TPSA) is 59.8 Å². The van der Waals surface area contributed by atoms with Gasteiger partial charge >= 0.3 is 0 Å². The van der Waals surface area contributed by atoms with Gasteiger partial charge < -0.3 is 14.6 Å². The summed E-state index contributed by atoms with van der Waals surface area (Å²) < 4.78 is 14.2. The van der Waals surface area contributed by atoms with Gasteiger partial charge in [-0.3, -0.25) is 4.90 Å². The molecule has 2 aromatic carbocycles. The maximum Gasteiger partial charge on any atom is 0.227 e. The Balaban J connectivity index is 1.94. The van der Waals surface area contributed by atoms with E-state index in [9.17, 15) is 5.11 Å². The second-order valence-electron chi connectivity index (χ2n) is 10.3. The van der Waals surface area contributed by atoms with Crippen molar-refractivity contribution in [2.24, 2.45) is 0 Å². The van der Waals surface area contributed by atoms with Gasteiger partial charge in [0.15, 0.2) is 0 Å². The lowest BCUT2D eigenvalue weighted by atomic mass is 10.1. The summed E-state index contributed by atoms with van der Waals surface area (Å²) in [6.45, 7) is 15.9. The Morgan fingerprint density at radius 3 is 2.29 bits per heavy atom. The fourth-order valence-corrected chi connectivity index (χ4v) is 3.82. The minimum atomic E-state index is -0.589. The van der Waals surface area contributed by atoms with Gasteiger partial charge in [0.05, 0.1) is 35.3 Å². The fourth-order valence-electron chi connectivity index (χ4n) is 3.82. The van der Waals surface area contributed by atoms with Crippen LogP contribution in [0.4, 0.5) is 0 Å². The summed E-state index contributed by atoms with van der Waals surface area (Å²) in [6.07, 6.45) is 0.376. The van der Waals surface area contributed by atoms with Crippen LogP contribution in [0.5, 0.6) is 11.6 Å². The van der Waals surface area contributed by atoms with Crippen LogP contribution in [0.1, 0.15) is 57.9 Å². The molecule has 1 aromatic heterocycles. The average Bonchev–Trinajstić information content (AvgIpc) is 3.13. The van der Waals surface area contributed by atoms with E-state index >= 15 is 0 Å². The molecule has 0 aliphatic carbocycles. The molecule has 35 heavy (non-hydrogen) atoms. The van der Waals surface area contributed by atoms with Crippen molar-refractivity contribution in [1.82, 2.24) is 14.7 Å². The number of hydrogen-bond acceptors (Lipinski definition) is 5.